The minimum absolute atomic E-state index is 0.257. The van der Waals surface area contributed by atoms with Crippen LogP contribution in [0.3, 0.4) is 0 Å². The van der Waals surface area contributed by atoms with Crippen LogP contribution in [0.5, 0.6) is 0 Å². The fourth-order valence-corrected chi connectivity index (χ4v) is 1.31. The van der Waals surface area contributed by atoms with Crippen molar-refractivity contribution >= 4 is 11.0 Å². The van der Waals surface area contributed by atoms with Crippen LogP contribution < -0.4 is 5.14 Å². The summed E-state index contributed by atoms with van der Waals surface area (Å²) in [4.78, 5) is 0. The lowest BCUT2D eigenvalue weighted by Gasteiger charge is -1.97. The standard InChI is InChI=1S/C8H10FNOS/c9-8-3-1-7(2-4-8)5-6-12(10)11/h1-4H,5-6,10H2/t12-/m1/s1. The Morgan fingerprint density at radius 2 is 1.92 bits per heavy atom. The van der Waals surface area contributed by atoms with Crippen molar-refractivity contribution in [3.05, 3.63) is 35.6 Å². The van der Waals surface area contributed by atoms with Gasteiger partial charge in [0.2, 0.25) is 0 Å². The van der Waals surface area contributed by atoms with Crippen LogP contribution in [0.25, 0.3) is 0 Å². The van der Waals surface area contributed by atoms with Gasteiger partial charge in [0.25, 0.3) is 0 Å². The molecule has 0 aliphatic rings. The van der Waals surface area contributed by atoms with E-state index in [4.69, 9.17) is 5.14 Å². The zero-order valence-electron chi connectivity index (χ0n) is 6.50. The van der Waals surface area contributed by atoms with Gasteiger partial charge in [-0.25, -0.2) is 8.60 Å². The molecule has 66 valence electrons. The molecule has 0 heterocycles. The van der Waals surface area contributed by atoms with Gasteiger partial charge in [-0.15, -0.1) is 0 Å². The van der Waals surface area contributed by atoms with Crippen LogP contribution in [0.4, 0.5) is 4.39 Å². The van der Waals surface area contributed by atoms with Crippen molar-refractivity contribution in [1.82, 2.24) is 0 Å². The van der Waals surface area contributed by atoms with Gasteiger partial charge >= 0.3 is 0 Å². The van der Waals surface area contributed by atoms with Crippen LogP contribution in [-0.2, 0) is 17.4 Å². The highest BCUT2D eigenvalue weighted by Crippen LogP contribution is 2.03. The number of aryl methyl sites for hydroxylation is 1. The summed E-state index contributed by atoms with van der Waals surface area (Å²) in [6.07, 6.45) is 0.628. The maximum absolute atomic E-state index is 12.4. The van der Waals surface area contributed by atoms with Gasteiger partial charge in [-0.05, 0) is 24.1 Å². The van der Waals surface area contributed by atoms with Crippen molar-refractivity contribution in [1.29, 1.82) is 0 Å². The number of nitrogens with two attached hydrogens (primary N) is 1. The second-order valence-electron chi connectivity index (χ2n) is 2.46. The summed E-state index contributed by atoms with van der Waals surface area (Å²) in [5, 5.41) is 5.07. The number of hydrogen-bond donors (Lipinski definition) is 1. The molecule has 0 aliphatic carbocycles. The van der Waals surface area contributed by atoms with E-state index in [2.05, 4.69) is 0 Å². The highest BCUT2D eigenvalue weighted by atomic mass is 32.2. The molecule has 0 bridgehead atoms. The Morgan fingerprint density at radius 1 is 1.33 bits per heavy atom. The summed E-state index contributed by atoms with van der Waals surface area (Å²) in [5.74, 6) is 0.165. The van der Waals surface area contributed by atoms with E-state index in [1.54, 1.807) is 12.1 Å². The molecule has 1 aromatic carbocycles. The summed E-state index contributed by atoms with van der Waals surface area (Å²) in [7, 11) is -1.27. The first-order chi connectivity index (χ1) is 5.68. The molecule has 0 unspecified atom stereocenters. The summed E-state index contributed by atoms with van der Waals surface area (Å²) in [6.45, 7) is 0. The van der Waals surface area contributed by atoms with Gasteiger partial charge in [0.1, 0.15) is 5.82 Å². The quantitative estimate of drug-likeness (QED) is 0.753. The predicted molar refractivity (Wildman–Crippen MR) is 47.3 cm³/mol. The SMILES string of the molecule is N[S@](=O)CCc1ccc(F)cc1. The molecule has 0 aromatic heterocycles. The minimum atomic E-state index is -1.27. The van der Waals surface area contributed by atoms with Gasteiger partial charge in [-0.2, -0.15) is 0 Å². The molecule has 4 heteroatoms. The van der Waals surface area contributed by atoms with Crippen molar-refractivity contribution in [2.75, 3.05) is 5.75 Å². The number of hydrogen-bond acceptors (Lipinski definition) is 1. The van der Waals surface area contributed by atoms with E-state index in [0.29, 0.717) is 12.2 Å². The first-order valence-electron chi connectivity index (χ1n) is 3.55. The lowest BCUT2D eigenvalue weighted by atomic mass is 10.2. The van der Waals surface area contributed by atoms with Crippen LogP contribution >= 0.6 is 0 Å². The lowest BCUT2D eigenvalue weighted by Crippen LogP contribution is -2.09. The maximum Gasteiger partial charge on any atom is 0.123 e. The summed E-state index contributed by atoms with van der Waals surface area (Å²) < 4.78 is 22.9. The zero-order chi connectivity index (χ0) is 8.97. The molecule has 0 radical (unpaired) electrons. The van der Waals surface area contributed by atoms with E-state index in [-0.39, 0.29) is 5.82 Å². The molecule has 1 rings (SSSR count). The Hall–Kier alpha value is -0.740. The average molecular weight is 187 g/mol. The van der Waals surface area contributed by atoms with Crippen LogP contribution in [0.1, 0.15) is 5.56 Å². The lowest BCUT2D eigenvalue weighted by molar-refractivity contribution is 0.627. The van der Waals surface area contributed by atoms with Crippen LogP contribution in [0.15, 0.2) is 24.3 Å². The van der Waals surface area contributed by atoms with Gasteiger partial charge < -0.3 is 0 Å². The van der Waals surface area contributed by atoms with Crippen molar-refractivity contribution in [3.63, 3.8) is 0 Å². The maximum atomic E-state index is 12.4. The molecule has 0 aliphatic heterocycles. The second-order valence-corrected chi connectivity index (χ2v) is 3.63. The molecule has 12 heavy (non-hydrogen) atoms. The van der Waals surface area contributed by atoms with E-state index in [1.165, 1.54) is 12.1 Å². The van der Waals surface area contributed by atoms with Crippen molar-refractivity contribution in [3.8, 4) is 0 Å². The average Bonchev–Trinajstić information content (AvgIpc) is 2.03. The monoisotopic (exact) mass is 187 g/mol. The van der Waals surface area contributed by atoms with Gasteiger partial charge in [-0.3, -0.25) is 5.14 Å². The first kappa shape index (κ1) is 9.35. The second kappa shape index (κ2) is 4.33. The van der Waals surface area contributed by atoms with Gasteiger partial charge in [0.15, 0.2) is 0 Å². The van der Waals surface area contributed by atoms with Gasteiger partial charge in [-0.1, -0.05) is 12.1 Å². The predicted octanol–water partition coefficient (Wildman–Crippen LogP) is 0.991. The van der Waals surface area contributed by atoms with E-state index >= 15 is 0 Å². The molecule has 1 atom stereocenters. The highest BCUT2D eigenvalue weighted by molar-refractivity contribution is 7.82. The van der Waals surface area contributed by atoms with E-state index < -0.39 is 11.0 Å². The van der Waals surface area contributed by atoms with E-state index in [1.807, 2.05) is 0 Å². The summed E-state index contributed by atoms with van der Waals surface area (Å²) in [5.41, 5.74) is 0.954. The van der Waals surface area contributed by atoms with Gasteiger partial charge in [0.05, 0.1) is 11.0 Å². The Labute approximate surface area is 73.2 Å². The molecular formula is C8H10FNOS. The minimum Gasteiger partial charge on any atom is -0.252 e. The molecule has 1 aromatic rings. The Kier molecular flexibility index (Phi) is 3.37. The molecular weight excluding hydrogens is 177 g/mol. The summed E-state index contributed by atoms with van der Waals surface area (Å²) in [6, 6.07) is 6.11. The van der Waals surface area contributed by atoms with E-state index in [9.17, 15) is 8.60 Å². The number of benzene rings is 1. The fraction of sp³-hybridized carbons (Fsp3) is 0.250. The molecule has 0 saturated heterocycles. The first-order valence-corrected chi connectivity index (χ1v) is 4.94. The third-order valence-electron chi connectivity index (χ3n) is 1.51. The van der Waals surface area contributed by atoms with E-state index in [0.717, 1.165) is 5.56 Å². The molecule has 2 N–H and O–H groups in total. The largest absolute Gasteiger partial charge is 0.252 e. The summed E-state index contributed by atoms with van der Waals surface area (Å²) >= 11 is 0. The topological polar surface area (TPSA) is 43.1 Å². The van der Waals surface area contributed by atoms with Crippen LogP contribution in [0.2, 0.25) is 0 Å². The molecule has 0 fully saturated rings. The Bertz CT molecular complexity index is 273. The van der Waals surface area contributed by atoms with Crippen molar-refractivity contribution in [2.45, 2.75) is 6.42 Å². The molecule has 0 saturated carbocycles. The van der Waals surface area contributed by atoms with Crippen molar-refractivity contribution < 1.29 is 8.60 Å². The third kappa shape index (κ3) is 3.11. The van der Waals surface area contributed by atoms with Crippen LogP contribution in [0, 0.1) is 5.82 Å². The fourth-order valence-electron chi connectivity index (χ4n) is 0.870. The highest BCUT2D eigenvalue weighted by Gasteiger charge is 1.95. The number of rotatable bonds is 3. The van der Waals surface area contributed by atoms with Crippen LogP contribution in [-0.4, -0.2) is 9.96 Å². The Balaban J connectivity index is 2.53. The smallest absolute Gasteiger partial charge is 0.123 e. The molecule has 2 nitrogen and oxygen atoms in total. The molecule has 0 spiro atoms. The van der Waals surface area contributed by atoms with Gasteiger partial charge in [0, 0.05) is 5.75 Å². The zero-order valence-corrected chi connectivity index (χ0v) is 7.31. The molecule has 0 amide bonds. The Morgan fingerprint density at radius 3 is 2.42 bits per heavy atom. The van der Waals surface area contributed by atoms with Crippen molar-refractivity contribution in [2.24, 2.45) is 5.14 Å². The third-order valence-corrected chi connectivity index (χ3v) is 2.11. The number of halogens is 1. The normalized spacial score (nSPS) is 12.8.